The first-order valence-electron chi connectivity index (χ1n) is 23.7. The normalized spacial score (nSPS) is 12.1. The van der Waals surface area contributed by atoms with Gasteiger partial charge in [0.05, 0.1) is 0 Å². The van der Waals surface area contributed by atoms with Gasteiger partial charge in [-0.2, -0.15) is 0 Å². The second-order valence-corrected chi connectivity index (χ2v) is 17.3. The first-order chi connectivity index (χ1) is 26.2. The SMILES string of the molecule is CCCCCCCCCC(=O)OC[C@@H](COC(=O)CCCCCCCCCCCCCCCC(C)C)OC(=O)CCCCCCCCCCCCC(C)C. The lowest BCUT2D eigenvalue weighted by atomic mass is 10.0. The lowest BCUT2D eigenvalue weighted by molar-refractivity contribution is -0.167. The molecule has 0 fully saturated rings. The van der Waals surface area contributed by atoms with Crippen molar-refractivity contribution in [1.82, 2.24) is 0 Å². The summed E-state index contributed by atoms with van der Waals surface area (Å²) < 4.78 is 16.7. The second-order valence-electron chi connectivity index (χ2n) is 17.3. The van der Waals surface area contributed by atoms with Crippen LogP contribution in [0.4, 0.5) is 0 Å². The van der Waals surface area contributed by atoms with Crippen LogP contribution in [0.3, 0.4) is 0 Å². The Labute approximate surface area is 336 Å². The van der Waals surface area contributed by atoms with Gasteiger partial charge in [-0.25, -0.2) is 0 Å². The van der Waals surface area contributed by atoms with Crippen LogP contribution in [0.25, 0.3) is 0 Å². The molecule has 0 unspecified atom stereocenters. The molecule has 0 aliphatic rings. The first-order valence-corrected chi connectivity index (χ1v) is 23.7. The van der Waals surface area contributed by atoms with E-state index in [-0.39, 0.29) is 31.1 Å². The Bertz CT molecular complexity index is 824. The minimum absolute atomic E-state index is 0.0648. The van der Waals surface area contributed by atoms with E-state index in [9.17, 15) is 14.4 Å². The Balaban J connectivity index is 4.23. The molecule has 6 heteroatoms. The molecule has 0 saturated heterocycles. The van der Waals surface area contributed by atoms with Crippen molar-refractivity contribution >= 4 is 17.9 Å². The van der Waals surface area contributed by atoms with E-state index in [1.807, 2.05) is 0 Å². The molecule has 0 amide bonds. The molecule has 0 saturated carbocycles. The fourth-order valence-electron chi connectivity index (χ4n) is 7.11. The summed E-state index contributed by atoms with van der Waals surface area (Å²) in [5.74, 6) is 0.795. The molecule has 0 radical (unpaired) electrons. The lowest BCUT2D eigenvalue weighted by Crippen LogP contribution is -2.30. The average molecular weight is 765 g/mol. The molecule has 0 aliphatic carbocycles. The summed E-state index contributed by atoms with van der Waals surface area (Å²) >= 11 is 0. The Hall–Kier alpha value is -1.59. The van der Waals surface area contributed by atoms with Crippen molar-refractivity contribution in [1.29, 1.82) is 0 Å². The number of hydrogen-bond acceptors (Lipinski definition) is 6. The molecule has 54 heavy (non-hydrogen) atoms. The molecule has 6 nitrogen and oxygen atoms in total. The predicted molar refractivity (Wildman–Crippen MR) is 229 cm³/mol. The molecule has 0 rings (SSSR count). The zero-order valence-electron chi connectivity index (χ0n) is 36.8. The molecule has 0 aromatic heterocycles. The molecule has 0 aliphatic heterocycles. The summed E-state index contributed by atoms with van der Waals surface area (Å²) in [4.78, 5) is 37.6. The highest BCUT2D eigenvalue weighted by molar-refractivity contribution is 5.71. The Morgan fingerprint density at radius 2 is 0.611 bits per heavy atom. The Morgan fingerprint density at radius 3 is 0.907 bits per heavy atom. The quantitative estimate of drug-likeness (QED) is 0.0350. The van der Waals surface area contributed by atoms with Crippen molar-refractivity contribution in [2.75, 3.05) is 13.2 Å². The van der Waals surface area contributed by atoms with Gasteiger partial charge in [0.1, 0.15) is 13.2 Å². The predicted octanol–water partition coefficient (Wildman–Crippen LogP) is 15.0. The van der Waals surface area contributed by atoms with Gasteiger partial charge in [0.25, 0.3) is 0 Å². The maximum atomic E-state index is 12.7. The molecule has 0 aromatic rings. The molecule has 1 atom stereocenters. The van der Waals surface area contributed by atoms with E-state index in [1.54, 1.807) is 0 Å². The van der Waals surface area contributed by atoms with Crippen molar-refractivity contribution in [3.8, 4) is 0 Å². The zero-order valence-corrected chi connectivity index (χ0v) is 36.8. The minimum Gasteiger partial charge on any atom is -0.462 e. The summed E-state index contributed by atoms with van der Waals surface area (Å²) in [6.45, 7) is 11.3. The monoisotopic (exact) mass is 765 g/mol. The van der Waals surface area contributed by atoms with Gasteiger partial charge in [0.2, 0.25) is 0 Å². The molecule has 0 heterocycles. The smallest absolute Gasteiger partial charge is 0.306 e. The average Bonchev–Trinajstić information content (AvgIpc) is 3.14. The summed E-state index contributed by atoms with van der Waals surface area (Å²) in [5.41, 5.74) is 0. The second kappa shape index (κ2) is 41.1. The van der Waals surface area contributed by atoms with Crippen molar-refractivity contribution < 1.29 is 28.6 Å². The Kier molecular flexibility index (Phi) is 39.8. The first kappa shape index (κ1) is 52.4. The highest BCUT2D eigenvalue weighted by Gasteiger charge is 2.19. The van der Waals surface area contributed by atoms with E-state index < -0.39 is 6.10 Å². The third-order valence-electron chi connectivity index (χ3n) is 10.7. The summed E-state index contributed by atoms with van der Waals surface area (Å²) in [5, 5.41) is 0. The third-order valence-corrected chi connectivity index (χ3v) is 10.7. The van der Waals surface area contributed by atoms with Crippen LogP contribution in [0.15, 0.2) is 0 Å². The number of carbonyl (C=O) groups excluding carboxylic acids is 3. The van der Waals surface area contributed by atoms with Gasteiger partial charge in [-0.1, -0.05) is 221 Å². The van der Waals surface area contributed by atoms with Gasteiger partial charge in [-0.15, -0.1) is 0 Å². The van der Waals surface area contributed by atoms with E-state index in [4.69, 9.17) is 14.2 Å². The highest BCUT2D eigenvalue weighted by Crippen LogP contribution is 2.17. The van der Waals surface area contributed by atoms with Crippen LogP contribution < -0.4 is 0 Å². The van der Waals surface area contributed by atoms with Gasteiger partial charge in [-0.3, -0.25) is 14.4 Å². The van der Waals surface area contributed by atoms with Crippen LogP contribution in [0.5, 0.6) is 0 Å². The van der Waals surface area contributed by atoms with Crippen LogP contribution in [-0.4, -0.2) is 37.2 Å². The minimum atomic E-state index is -0.759. The van der Waals surface area contributed by atoms with Crippen LogP contribution in [0.1, 0.15) is 259 Å². The van der Waals surface area contributed by atoms with Crippen LogP contribution in [-0.2, 0) is 28.6 Å². The van der Waals surface area contributed by atoms with Gasteiger partial charge >= 0.3 is 17.9 Å². The van der Waals surface area contributed by atoms with Crippen LogP contribution >= 0.6 is 0 Å². The maximum Gasteiger partial charge on any atom is 0.306 e. The number of rotatable bonds is 42. The molecular weight excluding hydrogens is 673 g/mol. The van der Waals surface area contributed by atoms with E-state index in [2.05, 4.69) is 34.6 Å². The standard InChI is InChI=1S/C48H92O6/c1-6-7-8-9-21-28-33-38-46(49)52-41-45(54-48(51)40-35-30-25-20-16-15-18-23-27-32-37-44(4)5)42-53-47(50)39-34-29-24-19-14-12-10-11-13-17-22-26-31-36-43(2)3/h43-45H,6-42H2,1-5H3/t45-/m0/s1. The van der Waals surface area contributed by atoms with E-state index in [1.165, 1.54) is 148 Å². The lowest BCUT2D eigenvalue weighted by Gasteiger charge is -2.18. The van der Waals surface area contributed by atoms with Gasteiger partial charge in [-0.05, 0) is 31.1 Å². The highest BCUT2D eigenvalue weighted by atomic mass is 16.6. The summed E-state index contributed by atoms with van der Waals surface area (Å²) in [6, 6.07) is 0. The van der Waals surface area contributed by atoms with Gasteiger partial charge < -0.3 is 14.2 Å². The molecule has 320 valence electrons. The molecule has 0 bridgehead atoms. The fraction of sp³-hybridized carbons (Fsp3) is 0.938. The van der Waals surface area contributed by atoms with E-state index in [0.29, 0.717) is 19.3 Å². The summed E-state index contributed by atoms with van der Waals surface area (Å²) in [7, 11) is 0. The summed E-state index contributed by atoms with van der Waals surface area (Å²) in [6.07, 6.45) is 39.6. The number of unbranched alkanes of at least 4 members (excludes halogenated alkanes) is 27. The largest absolute Gasteiger partial charge is 0.462 e. The topological polar surface area (TPSA) is 78.9 Å². The molecule has 0 spiro atoms. The molecule has 0 aromatic carbocycles. The molecular formula is C48H92O6. The van der Waals surface area contributed by atoms with E-state index >= 15 is 0 Å². The van der Waals surface area contributed by atoms with Gasteiger partial charge in [0, 0.05) is 19.3 Å². The van der Waals surface area contributed by atoms with Crippen molar-refractivity contribution in [3.05, 3.63) is 0 Å². The van der Waals surface area contributed by atoms with Crippen LogP contribution in [0, 0.1) is 11.8 Å². The van der Waals surface area contributed by atoms with Crippen molar-refractivity contribution in [2.45, 2.75) is 265 Å². The maximum absolute atomic E-state index is 12.7. The number of esters is 3. The molecule has 0 N–H and O–H groups in total. The van der Waals surface area contributed by atoms with Gasteiger partial charge in [0.15, 0.2) is 6.10 Å². The number of hydrogen-bond donors (Lipinski definition) is 0. The zero-order chi connectivity index (χ0) is 39.7. The van der Waals surface area contributed by atoms with Crippen molar-refractivity contribution in [2.24, 2.45) is 11.8 Å². The van der Waals surface area contributed by atoms with E-state index in [0.717, 1.165) is 69.6 Å². The number of ether oxygens (including phenoxy) is 3. The third kappa shape index (κ3) is 41.6. The fourth-order valence-corrected chi connectivity index (χ4v) is 7.11. The van der Waals surface area contributed by atoms with Crippen molar-refractivity contribution in [3.63, 3.8) is 0 Å². The Morgan fingerprint density at radius 1 is 0.352 bits per heavy atom. The number of carbonyl (C=O) groups is 3. The van der Waals surface area contributed by atoms with Crippen LogP contribution in [0.2, 0.25) is 0 Å².